The summed E-state index contributed by atoms with van der Waals surface area (Å²) in [6, 6.07) is 32.1. The Hall–Kier alpha value is -4.28. The zero-order chi connectivity index (χ0) is 24.9. The summed E-state index contributed by atoms with van der Waals surface area (Å²) in [6.07, 6.45) is 6.11. The maximum Gasteiger partial charge on any atom is 0.198 e. The summed E-state index contributed by atoms with van der Waals surface area (Å²) in [4.78, 5) is 29.2. The minimum absolute atomic E-state index is 0.172. The Bertz CT molecular complexity index is 1590. The predicted molar refractivity (Wildman–Crippen MR) is 149 cm³/mol. The quantitative estimate of drug-likeness (QED) is 0.170. The fourth-order valence-electron chi connectivity index (χ4n) is 5.27. The van der Waals surface area contributed by atoms with Crippen molar-refractivity contribution in [3.8, 4) is 0 Å². The van der Waals surface area contributed by atoms with Crippen molar-refractivity contribution in [3.05, 3.63) is 143 Å². The first-order valence-electron chi connectivity index (χ1n) is 12.1. The third kappa shape index (κ3) is 3.41. The number of carbonyl (C=O) groups is 2. The second-order valence-electron chi connectivity index (χ2n) is 9.73. The Balaban J connectivity index is 1.40. The van der Waals surface area contributed by atoms with E-state index in [1.165, 1.54) is 5.32 Å². The number of hydrogen-bond acceptors (Lipinski definition) is 3. The fourth-order valence-corrected chi connectivity index (χ4v) is 7.89. The van der Waals surface area contributed by atoms with E-state index < -0.39 is 8.07 Å². The van der Waals surface area contributed by atoms with Crippen LogP contribution in [0.1, 0.15) is 20.7 Å². The number of fused-ring (bicyclic) bond motifs is 3. The molecule has 174 valence electrons. The first kappa shape index (κ1) is 22.2. The van der Waals surface area contributed by atoms with Crippen LogP contribution in [-0.4, -0.2) is 19.6 Å². The molecule has 1 aliphatic carbocycles. The number of Topliss-reactive ketones (excluding diaryl/α,β-unsaturated/α-hetero) is 2. The van der Waals surface area contributed by atoms with E-state index in [1.54, 1.807) is 6.07 Å². The lowest BCUT2D eigenvalue weighted by Gasteiger charge is -2.34. The van der Waals surface area contributed by atoms with Crippen LogP contribution in [0.5, 0.6) is 0 Å². The van der Waals surface area contributed by atoms with Gasteiger partial charge < -0.3 is 4.90 Å². The standard InChI is InChI=1S/C32H25NO2Si/c1-36(2)25(18-20-29(36)33(23-12-5-3-6-13-23)24-14-7-4-8-15-24)21-28-31(34)27-19-17-22-11-9-10-16-26(22)30(27)32(28)35/h3-21H,1-2H3/b28-21+. The third-order valence-corrected chi connectivity index (χ3v) is 10.7. The van der Waals surface area contributed by atoms with Crippen LogP contribution in [-0.2, 0) is 0 Å². The molecule has 3 nitrogen and oxygen atoms in total. The van der Waals surface area contributed by atoms with Gasteiger partial charge in [0.2, 0.25) is 0 Å². The number of carbonyl (C=O) groups excluding carboxylic acids is 2. The number of hydrogen-bond donors (Lipinski definition) is 0. The van der Waals surface area contributed by atoms with Gasteiger partial charge >= 0.3 is 0 Å². The second kappa shape index (κ2) is 8.43. The van der Waals surface area contributed by atoms with E-state index in [2.05, 4.69) is 54.4 Å². The summed E-state index contributed by atoms with van der Waals surface area (Å²) in [5.41, 5.74) is 3.49. The number of benzene rings is 4. The summed E-state index contributed by atoms with van der Waals surface area (Å²) in [5.74, 6) is -0.350. The molecule has 4 heteroatoms. The van der Waals surface area contributed by atoms with Crippen LogP contribution in [0.4, 0.5) is 11.4 Å². The Morgan fingerprint density at radius 2 is 1.28 bits per heavy atom. The highest BCUT2D eigenvalue weighted by Gasteiger charge is 2.40. The normalized spacial score (nSPS) is 17.3. The molecule has 1 aliphatic heterocycles. The van der Waals surface area contributed by atoms with Crippen molar-refractivity contribution in [3.63, 3.8) is 0 Å². The lowest BCUT2D eigenvalue weighted by Crippen LogP contribution is -2.38. The van der Waals surface area contributed by atoms with E-state index in [0.717, 1.165) is 27.3 Å². The maximum absolute atomic E-state index is 13.5. The van der Waals surface area contributed by atoms with E-state index in [1.807, 2.05) is 72.8 Å². The minimum Gasteiger partial charge on any atom is -0.318 e. The van der Waals surface area contributed by atoms with Gasteiger partial charge in [0.25, 0.3) is 0 Å². The number of allylic oxidation sites excluding steroid dienone is 5. The maximum atomic E-state index is 13.5. The van der Waals surface area contributed by atoms with Crippen LogP contribution in [0.3, 0.4) is 0 Å². The van der Waals surface area contributed by atoms with E-state index in [9.17, 15) is 9.59 Å². The van der Waals surface area contributed by atoms with E-state index in [4.69, 9.17) is 0 Å². The van der Waals surface area contributed by atoms with Gasteiger partial charge in [0, 0.05) is 27.8 Å². The van der Waals surface area contributed by atoms with Crippen LogP contribution in [0, 0.1) is 0 Å². The van der Waals surface area contributed by atoms with E-state index >= 15 is 0 Å². The van der Waals surface area contributed by atoms with Crippen molar-refractivity contribution < 1.29 is 9.59 Å². The van der Waals surface area contributed by atoms with Crippen LogP contribution in [0.15, 0.2) is 131 Å². The highest BCUT2D eigenvalue weighted by atomic mass is 28.3. The molecule has 0 unspecified atom stereocenters. The molecule has 0 radical (unpaired) electrons. The Morgan fingerprint density at radius 1 is 0.667 bits per heavy atom. The lowest BCUT2D eigenvalue weighted by molar-refractivity contribution is 0.0989. The van der Waals surface area contributed by atoms with Gasteiger partial charge in [0.05, 0.1) is 5.57 Å². The molecule has 1 heterocycles. The lowest BCUT2D eigenvalue weighted by atomic mass is 10.0. The van der Waals surface area contributed by atoms with E-state index in [0.29, 0.717) is 11.1 Å². The van der Waals surface area contributed by atoms with Crippen molar-refractivity contribution in [2.45, 2.75) is 13.1 Å². The van der Waals surface area contributed by atoms with Crippen LogP contribution in [0.2, 0.25) is 13.1 Å². The number of anilines is 2. The predicted octanol–water partition coefficient (Wildman–Crippen LogP) is 7.59. The zero-order valence-corrected chi connectivity index (χ0v) is 21.2. The highest BCUT2D eigenvalue weighted by Crippen LogP contribution is 2.41. The number of para-hydroxylation sites is 2. The average Bonchev–Trinajstić information content (AvgIpc) is 3.33. The van der Waals surface area contributed by atoms with Gasteiger partial charge in [0.15, 0.2) is 11.6 Å². The summed E-state index contributed by atoms with van der Waals surface area (Å²) < 4.78 is 0. The van der Waals surface area contributed by atoms with Crippen molar-refractivity contribution >= 4 is 41.8 Å². The Morgan fingerprint density at radius 3 is 1.94 bits per heavy atom. The summed E-state index contributed by atoms with van der Waals surface area (Å²) in [6.45, 7) is 4.56. The van der Waals surface area contributed by atoms with Gasteiger partial charge in [-0.3, -0.25) is 9.59 Å². The summed E-state index contributed by atoms with van der Waals surface area (Å²) >= 11 is 0. The molecule has 0 N–H and O–H groups in total. The highest BCUT2D eigenvalue weighted by molar-refractivity contribution is 6.92. The molecule has 0 aromatic heterocycles. The molecule has 0 fully saturated rings. The molecule has 2 aliphatic rings. The molecule has 4 aromatic rings. The average molecular weight is 484 g/mol. The van der Waals surface area contributed by atoms with Gasteiger partial charge in [-0.05, 0) is 53.3 Å². The van der Waals surface area contributed by atoms with Gasteiger partial charge in [-0.1, -0.05) is 91.1 Å². The van der Waals surface area contributed by atoms with Crippen LogP contribution >= 0.6 is 0 Å². The minimum atomic E-state index is -2.24. The van der Waals surface area contributed by atoms with Crippen LogP contribution < -0.4 is 4.90 Å². The molecule has 0 saturated carbocycles. The first-order chi connectivity index (χ1) is 17.5. The molecule has 36 heavy (non-hydrogen) atoms. The molecular weight excluding hydrogens is 458 g/mol. The van der Waals surface area contributed by atoms with Crippen molar-refractivity contribution in [2.75, 3.05) is 4.90 Å². The smallest absolute Gasteiger partial charge is 0.198 e. The molecule has 6 rings (SSSR count). The Kier molecular flexibility index (Phi) is 5.20. The van der Waals surface area contributed by atoms with Gasteiger partial charge in [-0.25, -0.2) is 0 Å². The number of ketones is 2. The fraction of sp³-hybridized carbons (Fsp3) is 0.0625. The largest absolute Gasteiger partial charge is 0.318 e. The van der Waals surface area contributed by atoms with Crippen LogP contribution in [0.25, 0.3) is 10.8 Å². The molecule has 0 amide bonds. The van der Waals surface area contributed by atoms with Crippen molar-refractivity contribution in [2.24, 2.45) is 0 Å². The van der Waals surface area contributed by atoms with Gasteiger partial charge in [-0.2, -0.15) is 0 Å². The van der Waals surface area contributed by atoms with Gasteiger partial charge in [0.1, 0.15) is 8.07 Å². The molecule has 4 aromatic carbocycles. The second-order valence-corrected chi connectivity index (χ2v) is 14.1. The number of nitrogens with zero attached hydrogens (tertiary/aromatic N) is 1. The molecule has 0 saturated heterocycles. The topological polar surface area (TPSA) is 37.4 Å². The summed E-state index contributed by atoms with van der Waals surface area (Å²) in [5, 5.41) is 4.10. The van der Waals surface area contributed by atoms with Crippen molar-refractivity contribution in [1.82, 2.24) is 0 Å². The zero-order valence-electron chi connectivity index (χ0n) is 20.2. The third-order valence-electron chi connectivity index (χ3n) is 7.24. The monoisotopic (exact) mass is 483 g/mol. The molecule has 0 atom stereocenters. The Labute approximate surface area is 211 Å². The van der Waals surface area contributed by atoms with Gasteiger partial charge in [-0.15, -0.1) is 0 Å². The SMILES string of the molecule is C[Si]1(C)C(/C=C2\C(=O)c3ccc4ccccc4c3C2=O)=CC=C1N(c1ccccc1)c1ccccc1. The first-order valence-corrected chi connectivity index (χ1v) is 15.1. The van der Waals surface area contributed by atoms with E-state index in [-0.39, 0.29) is 17.1 Å². The summed E-state index contributed by atoms with van der Waals surface area (Å²) in [7, 11) is -2.24. The molecule has 0 bridgehead atoms. The molecule has 0 spiro atoms. The van der Waals surface area contributed by atoms with Crippen molar-refractivity contribution in [1.29, 1.82) is 0 Å². The molecular formula is C32H25NO2Si. The number of rotatable bonds is 4.